The molecule has 6 N–H and O–H groups in total. The number of nitrogens with two attached hydrogens (primary N) is 1. The molecule has 3 aromatic rings. The molecular weight excluding hydrogens is 502 g/mol. The van der Waals surface area contributed by atoms with Gasteiger partial charge in [-0.05, 0) is 84.9 Å². The predicted octanol–water partition coefficient (Wildman–Crippen LogP) is 5.00. The van der Waals surface area contributed by atoms with Gasteiger partial charge in [0.05, 0.1) is 41.2 Å². The zero-order valence-electron chi connectivity index (χ0n) is 21.8. The van der Waals surface area contributed by atoms with Crippen molar-refractivity contribution >= 4 is 23.4 Å². The van der Waals surface area contributed by atoms with Crippen molar-refractivity contribution in [1.29, 1.82) is 5.41 Å². The van der Waals surface area contributed by atoms with Crippen molar-refractivity contribution < 1.29 is 18.6 Å². The number of allylic oxidation sites excluding steroid dienone is 1. The van der Waals surface area contributed by atoms with Crippen LogP contribution in [0.5, 0.6) is 0 Å². The van der Waals surface area contributed by atoms with Crippen molar-refractivity contribution in [3.8, 4) is 0 Å². The molecule has 1 aliphatic heterocycles. The summed E-state index contributed by atoms with van der Waals surface area (Å²) in [5.74, 6) is -0.716. The topological polar surface area (TPSA) is 133 Å². The second-order valence-corrected chi connectivity index (χ2v) is 10.6. The van der Waals surface area contributed by atoms with Gasteiger partial charge in [-0.2, -0.15) is 0 Å². The van der Waals surface area contributed by atoms with Crippen molar-refractivity contribution in [3.63, 3.8) is 0 Å². The van der Waals surface area contributed by atoms with Crippen LogP contribution in [0.4, 0.5) is 20.4 Å². The maximum atomic E-state index is 14.8. The minimum absolute atomic E-state index is 0.0580. The Morgan fingerprint density at radius 3 is 2.64 bits per heavy atom. The Hall–Kier alpha value is -3.47. The third kappa shape index (κ3) is 6.08. The Morgan fingerprint density at radius 1 is 1.18 bits per heavy atom. The van der Waals surface area contributed by atoms with Crippen molar-refractivity contribution in [1.82, 2.24) is 15.0 Å². The average molecular weight is 537 g/mol. The zero-order chi connectivity index (χ0) is 27.5. The van der Waals surface area contributed by atoms with E-state index in [1.165, 1.54) is 18.2 Å². The van der Waals surface area contributed by atoms with Crippen LogP contribution in [0.1, 0.15) is 66.8 Å². The monoisotopic (exact) mass is 536 g/mol. The Bertz CT molecular complexity index is 1320. The van der Waals surface area contributed by atoms with E-state index >= 15 is 0 Å². The highest BCUT2D eigenvalue weighted by atomic mass is 19.1. The third-order valence-corrected chi connectivity index (χ3v) is 7.83. The minimum Gasteiger partial charge on any atom is -0.391 e. The molecule has 1 aliphatic carbocycles. The summed E-state index contributed by atoms with van der Waals surface area (Å²) in [6.07, 6.45) is 10.3. The first kappa shape index (κ1) is 27.1. The Morgan fingerprint density at radius 2 is 1.92 bits per heavy atom. The number of aromatic amines is 1. The van der Waals surface area contributed by atoms with E-state index in [4.69, 9.17) is 15.9 Å². The molecule has 1 aromatic carbocycles. The van der Waals surface area contributed by atoms with Crippen LogP contribution < -0.4 is 11.1 Å². The normalized spacial score (nSPS) is 24.2. The van der Waals surface area contributed by atoms with E-state index in [-0.39, 0.29) is 35.1 Å². The predicted molar refractivity (Wildman–Crippen MR) is 146 cm³/mol. The van der Waals surface area contributed by atoms with Crippen molar-refractivity contribution in [2.75, 3.05) is 18.5 Å². The van der Waals surface area contributed by atoms with Gasteiger partial charge in [-0.25, -0.2) is 13.8 Å². The van der Waals surface area contributed by atoms with E-state index < -0.39 is 17.7 Å². The molecule has 4 atom stereocenters. The number of hydrogen-bond acceptors (Lipinski definition) is 7. The molecule has 39 heavy (non-hydrogen) atoms. The van der Waals surface area contributed by atoms with Crippen LogP contribution >= 0.6 is 0 Å². The number of rotatable bonds is 7. The summed E-state index contributed by atoms with van der Waals surface area (Å²) in [5.41, 5.74) is 8.55. The third-order valence-electron chi connectivity index (χ3n) is 7.83. The average Bonchev–Trinajstić information content (AvgIpc) is 3.38. The first-order valence-electron chi connectivity index (χ1n) is 13.3. The van der Waals surface area contributed by atoms with Crippen LogP contribution in [0.15, 0.2) is 42.9 Å². The van der Waals surface area contributed by atoms with E-state index in [9.17, 15) is 13.9 Å². The van der Waals surface area contributed by atoms with E-state index in [1.807, 2.05) is 13.0 Å². The van der Waals surface area contributed by atoms with E-state index in [0.29, 0.717) is 36.8 Å². The Balaban J connectivity index is 1.27. The number of nitrogens with one attached hydrogen (secondary N) is 3. The van der Waals surface area contributed by atoms with Gasteiger partial charge in [0.2, 0.25) is 5.95 Å². The maximum absolute atomic E-state index is 14.8. The summed E-state index contributed by atoms with van der Waals surface area (Å²) in [6, 6.07) is 4.33. The first-order chi connectivity index (χ1) is 18.8. The fraction of sp³-hybridized carbons (Fsp3) is 0.414. The molecule has 206 valence electrons. The number of pyridine rings is 1. The summed E-state index contributed by atoms with van der Waals surface area (Å²) in [4.78, 5) is 11.7. The molecule has 2 fully saturated rings. The van der Waals surface area contributed by atoms with Gasteiger partial charge in [0.25, 0.3) is 0 Å². The zero-order valence-corrected chi connectivity index (χ0v) is 21.8. The van der Waals surface area contributed by atoms with Crippen LogP contribution in [0.2, 0.25) is 0 Å². The van der Waals surface area contributed by atoms with Crippen molar-refractivity contribution in [2.45, 2.75) is 56.6 Å². The lowest BCUT2D eigenvalue weighted by molar-refractivity contribution is 0.0521. The van der Waals surface area contributed by atoms with Gasteiger partial charge in [-0.3, -0.25) is 4.98 Å². The molecule has 1 saturated carbocycles. The molecule has 3 heterocycles. The van der Waals surface area contributed by atoms with Crippen molar-refractivity contribution in [3.05, 3.63) is 76.9 Å². The molecule has 0 spiro atoms. The number of anilines is 2. The lowest BCUT2D eigenvalue weighted by Gasteiger charge is -2.36. The number of imidazole rings is 1. The van der Waals surface area contributed by atoms with Crippen LogP contribution in [-0.2, 0) is 4.74 Å². The SMILES string of the molecule is C[C@H]1C[C@@H](c2ccncc2Nc2ncc(/C=C\C(=N)c3c(F)cc(C4CCOCC4)cc3F)[nH]2)C[C@@H](N)[C@H]1O. The summed E-state index contributed by atoms with van der Waals surface area (Å²) >= 11 is 0. The van der Waals surface area contributed by atoms with Crippen LogP contribution in [-0.4, -0.2) is 51.1 Å². The number of aromatic nitrogens is 3. The molecule has 2 aromatic heterocycles. The Kier molecular flexibility index (Phi) is 8.15. The summed E-state index contributed by atoms with van der Waals surface area (Å²) in [5, 5.41) is 21.8. The van der Waals surface area contributed by atoms with Gasteiger partial charge in [0, 0.05) is 25.5 Å². The fourth-order valence-corrected chi connectivity index (χ4v) is 5.68. The quantitative estimate of drug-likeness (QED) is 0.270. The minimum atomic E-state index is -0.744. The van der Waals surface area contributed by atoms with Crippen LogP contribution in [0.3, 0.4) is 0 Å². The number of hydrogen-bond donors (Lipinski definition) is 5. The van der Waals surface area contributed by atoms with E-state index in [2.05, 4.69) is 20.3 Å². The summed E-state index contributed by atoms with van der Waals surface area (Å²) in [6.45, 7) is 3.16. The standard InChI is InChI=1S/C29H34F2N6O2/c1-16-10-19(13-25(33)28(16)38)21-4-7-34-15-26(21)37-29-35-14-20(36-29)2-3-24(32)27-22(30)11-18(12-23(27)31)17-5-8-39-9-6-17/h2-4,7,11-12,14-17,19,25,28,32,38H,5-6,8-10,13,33H2,1H3,(H2,35,36,37)/b3-2-,32-24?/t16-,19+,25+,28-/m0/s1. The smallest absolute Gasteiger partial charge is 0.205 e. The number of aliphatic hydroxyl groups is 1. The Labute approximate surface area is 226 Å². The lowest BCUT2D eigenvalue weighted by Crippen LogP contribution is -2.44. The first-order valence-corrected chi connectivity index (χ1v) is 13.3. The second-order valence-electron chi connectivity index (χ2n) is 10.6. The molecule has 8 nitrogen and oxygen atoms in total. The largest absolute Gasteiger partial charge is 0.391 e. The molecule has 0 amide bonds. The van der Waals surface area contributed by atoms with Gasteiger partial charge < -0.3 is 31.3 Å². The highest BCUT2D eigenvalue weighted by Gasteiger charge is 2.33. The number of halogens is 2. The van der Waals surface area contributed by atoms with E-state index in [0.717, 1.165) is 30.5 Å². The number of nitrogens with zero attached hydrogens (tertiary/aromatic N) is 2. The highest BCUT2D eigenvalue weighted by Crippen LogP contribution is 2.39. The second kappa shape index (κ2) is 11.7. The van der Waals surface area contributed by atoms with E-state index in [1.54, 1.807) is 24.7 Å². The van der Waals surface area contributed by atoms with Gasteiger partial charge >= 0.3 is 0 Å². The molecule has 1 saturated heterocycles. The molecule has 10 heteroatoms. The summed E-state index contributed by atoms with van der Waals surface area (Å²) < 4.78 is 35.0. The van der Waals surface area contributed by atoms with Gasteiger partial charge in [0.1, 0.15) is 11.6 Å². The fourth-order valence-electron chi connectivity index (χ4n) is 5.68. The molecule has 5 rings (SSSR count). The number of ether oxygens (including phenoxy) is 1. The summed E-state index contributed by atoms with van der Waals surface area (Å²) in [7, 11) is 0. The number of benzene rings is 1. The lowest BCUT2D eigenvalue weighted by atomic mass is 9.74. The number of H-pyrrole nitrogens is 1. The molecule has 2 aliphatic rings. The number of aliphatic hydroxyl groups excluding tert-OH is 1. The van der Waals surface area contributed by atoms with Crippen LogP contribution in [0.25, 0.3) is 6.08 Å². The van der Waals surface area contributed by atoms with Gasteiger partial charge in [0.15, 0.2) is 0 Å². The highest BCUT2D eigenvalue weighted by molar-refractivity contribution is 6.09. The van der Waals surface area contributed by atoms with Gasteiger partial charge in [-0.1, -0.05) is 6.92 Å². The molecular formula is C29H34F2N6O2. The molecule has 0 radical (unpaired) electrons. The van der Waals surface area contributed by atoms with Crippen LogP contribution in [0, 0.1) is 23.0 Å². The van der Waals surface area contributed by atoms with Gasteiger partial charge in [-0.15, -0.1) is 0 Å². The molecule has 0 unspecified atom stereocenters. The maximum Gasteiger partial charge on any atom is 0.205 e. The molecule has 0 bridgehead atoms. The van der Waals surface area contributed by atoms with Crippen molar-refractivity contribution in [2.24, 2.45) is 11.7 Å².